The molecule has 2 atom stereocenters. The van der Waals surface area contributed by atoms with Crippen LogP contribution in [0.25, 0.3) is 0 Å². The molecule has 1 rings (SSSR count). The van der Waals surface area contributed by atoms with Crippen molar-refractivity contribution in [3.63, 3.8) is 0 Å². The Morgan fingerprint density at radius 2 is 1.74 bits per heavy atom. The number of ketones is 1. The van der Waals surface area contributed by atoms with Crippen LogP contribution in [0.4, 0.5) is 14.9 Å². The summed E-state index contributed by atoms with van der Waals surface area (Å²) in [6.07, 6.45) is -4.11. The molecule has 0 heterocycles. The van der Waals surface area contributed by atoms with Crippen LogP contribution in [0, 0.1) is 0 Å². The number of anilines is 1. The molecule has 0 spiro atoms. The van der Waals surface area contributed by atoms with Gasteiger partial charge >= 0.3 is 12.1 Å². The molecule has 0 saturated heterocycles. The fourth-order valence-electron chi connectivity index (χ4n) is 1.81. The molecule has 27 heavy (non-hydrogen) atoms. The molecule has 2 unspecified atom stereocenters. The fourth-order valence-corrected chi connectivity index (χ4v) is 2.24. The molecule has 148 valence electrons. The van der Waals surface area contributed by atoms with Gasteiger partial charge in [0.05, 0.1) is 6.42 Å². The van der Waals surface area contributed by atoms with Crippen molar-refractivity contribution in [1.82, 2.24) is 5.32 Å². The number of benzene rings is 1. The van der Waals surface area contributed by atoms with E-state index in [2.05, 4.69) is 5.32 Å². The summed E-state index contributed by atoms with van der Waals surface area (Å²) in [5, 5.41) is 12.9. The molecule has 3 N–H and O–H groups in total. The standard InChI is InChI=1S/C15H14Cl3FN2O6/c16-15(17,18)12(27-14(26)20-8-4-2-1-3-5-8)13(25)21-9(6-11(23)24)10(22)7-19/h1-5,9,12H,6-7H2,(H,20,26)(H,21,25)(H,23,24). The minimum atomic E-state index is -2.45. The fraction of sp³-hybridized carbons (Fsp3) is 0.333. The van der Waals surface area contributed by atoms with Gasteiger partial charge in [-0.25, -0.2) is 9.18 Å². The summed E-state index contributed by atoms with van der Waals surface area (Å²) < 4.78 is 14.9. The Kier molecular flexibility index (Phi) is 8.74. The minimum absolute atomic E-state index is 0.322. The summed E-state index contributed by atoms with van der Waals surface area (Å²) in [6.45, 7) is -1.52. The Balaban J connectivity index is 2.88. The van der Waals surface area contributed by atoms with Gasteiger partial charge in [-0.05, 0) is 12.1 Å². The highest BCUT2D eigenvalue weighted by atomic mass is 35.6. The second-order valence-corrected chi connectivity index (χ2v) is 7.45. The van der Waals surface area contributed by atoms with Gasteiger partial charge < -0.3 is 15.2 Å². The maximum Gasteiger partial charge on any atom is 0.412 e. The lowest BCUT2D eigenvalue weighted by molar-refractivity contribution is -0.141. The van der Waals surface area contributed by atoms with Crippen molar-refractivity contribution in [2.45, 2.75) is 22.4 Å². The Bertz CT molecular complexity index is 699. The van der Waals surface area contributed by atoms with Crippen molar-refractivity contribution >= 4 is 64.2 Å². The third kappa shape index (κ3) is 7.98. The average molecular weight is 444 g/mol. The number of alkyl halides is 4. The highest BCUT2D eigenvalue weighted by molar-refractivity contribution is 6.69. The van der Waals surface area contributed by atoms with Crippen LogP contribution in [0.15, 0.2) is 30.3 Å². The monoisotopic (exact) mass is 442 g/mol. The molecule has 0 fully saturated rings. The molecule has 8 nitrogen and oxygen atoms in total. The van der Waals surface area contributed by atoms with Crippen molar-refractivity contribution in [3.8, 4) is 0 Å². The van der Waals surface area contributed by atoms with E-state index in [9.17, 15) is 23.6 Å². The van der Waals surface area contributed by atoms with Gasteiger partial charge in [0.2, 0.25) is 9.90 Å². The molecule has 0 saturated carbocycles. The maximum absolute atomic E-state index is 12.6. The lowest BCUT2D eigenvalue weighted by Crippen LogP contribution is -2.52. The van der Waals surface area contributed by atoms with Crippen molar-refractivity contribution in [3.05, 3.63) is 30.3 Å². The number of carbonyl (C=O) groups is 4. The first-order valence-electron chi connectivity index (χ1n) is 7.24. The van der Waals surface area contributed by atoms with E-state index in [1.807, 2.05) is 5.32 Å². The SMILES string of the molecule is O=C(O)CC(NC(=O)C(OC(=O)Nc1ccccc1)C(Cl)(Cl)Cl)C(=O)CF. The number of carboxylic acids is 1. The van der Waals surface area contributed by atoms with Crippen LogP contribution in [0.1, 0.15) is 6.42 Å². The number of carboxylic acid groups (broad SMARTS) is 1. The van der Waals surface area contributed by atoms with E-state index in [0.29, 0.717) is 5.69 Å². The van der Waals surface area contributed by atoms with E-state index in [0.717, 1.165) is 0 Å². The van der Waals surface area contributed by atoms with Gasteiger partial charge in [-0.15, -0.1) is 0 Å². The van der Waals surface area contributed by atoms with Crippen LogP contribution in [0.3, 0.4) is 0 Å². The van der Waals surface area contributed by atoms with E-state index < -0.39 is 52.8 Å². The summed E-state index contributed by atoms with van der Waals surface area (Å²) in [5.74, 6) is -3.97. The van der Waals surface area contributed by atoms with Crippen LogP contribution >= 0.6 is 34.8 Å². The summed E-state index contributed by atoms with van der Waals surface area (Å²) in [4.78, 5) is 46.4. The number of amides is 2. The van der Waals surface area contributed by atoms with E-state index in [1.165, 1.54) is 12.1 Å². The van der Waals surface area contributed by atoms with E-state index in [-0.39, 0.29) is 0 Å². The number of carbonyl (C=O) groups excluding carboxylic acids is 3. The van der Waals surface area contributed by atoms with Gasteiger partial charge in [-0.1, -0.05) is 53.0 Å². The zero-order chi connectivity index (χ0) is 20.6. The van der Waals surface area contributed by atoms with Crippen LogP contribution < -0.4 is 10.6 Å². The highest BCUT2D eigenvalue weighted by Gasteiger charge is 2.43. The molecule has 1 aromatic rings. The molecule has 0 aliphatic rings. The maximum atomic E-state index is 12.6. The second-order valence-electron chi connectivity index (χ2n) is 5.08. The molecule has 12 heteroatoms. The zero-order valence-electron chi connectivity index (χ0n) is 13.5. The second kappa shape index (κ2) is 10.3. The molecule has 0 aromatic heterocycles. The van der Waals surface area contributed by atoms with Gasteiger partial charge in [0.15, 0.2) is 5.78 Å². The lowest BCUT2D eigenvalue weighted by atomic mass is 10.1. The molecule has 2 amide bonds. The molecule has 0 radical (unpaired) electrons. The predicted molar refractivity (Wildman–Crippen MR) is 95.8 cm³/mol. The molecule has 0 aliphatic heterocycles. The topological polar surface area (TPSA) is 122 Å². The van der Waals surface area contributed by atoms with Crippen LogP contribution in [0.5, 0.6) is 0 Å². The first kappa shape index (κ1) is 22.9. The minimum Gasteiger partial charge on any atom is -0.481 e. The smallest absolute Gasteiger partial charge is 0.412 e. The average Bonchev–Trinajstić information content (AvgIpc) is 2.57. The van der Waals surface area contributed by atoms with Crippen LogP contribution in [-0.2, 0) is 19.1 Å². The third-order valence-electron chi connectivity index (χ3n) is 3.00. The van der Waals surface area contributed by atoms with Crippen molar-refractivity contribution in [2.75, 3.05) is 12.0 Å². The van der Waals surface area contributed by atoms with Crippen molar-refractivity contribution < 1.29 is 33.4 Å². The Morgan fingerprint density at radius 3 is 2.22 bits per heavy atom. The molecule has 1 aromatic carbocycles. The number of rotatable bonds is 8. The summed E-state index contributed by atoms with van der Waals surface area (Å²) in [6, 6.07) is 6.25. The van der Waals surface area contributed by atoms with Crippen molar-refractivity contribution in [2.24, 2.45) is 0 Å². The van der Waals surface area contributed by atoms with Gasteiger partial charge in [0.1, 0.15) is 12.7 Å². The first-order valence-corrected chi connectivity index (χ1v) is 8.38. The number of para-hydroxylation sites is 1. The van der Waals surface area contributed by atoms with Gasteiger partial charge in [-0.2, -0.15) is 0 Å². The Morgan fingerprint density at radius 1 is 1.15 bits per heavy atom. The number of ether oxygens (including phenoxy) is 1. The van der Waals surface area contributed by atoms with Crippen molar-refractivity contribution in [1.29, 1.82) is 0 Å². The predicted octanol–water partition coefficient (Wildman–Crippen LogP) is 2.47. The molecule has 0 aliphatic carbocycles. The number of halogens is 4. The summed E-state index contributed by atoms with van der Waals surface area (Å²) >= 11 is 16.9. The van der Waals surface area contributed by atoms with Crippen LogP contribution in [-0.4, -0.2) is 51.5 Å². The number of hydrogen-bond donors (Lipinski definition) is 3. The summed E-state index contributed by atoms with van der Waals surface area (Å²) in [5.41, 5.74) is 0.322. The van der Waals surface area contributed by atoms with E-state index in [4.69, 9.17) is 44.6 Å². The number of Topliss-reactive ketones (excluding diaryl/α,β-unsaturated/α-hetero) is 1. The molecule has 0 bridgehead atoms. The summed E-state index contributed by atoms with van der Waals surface area (Å²) in [7, 11) is 0. The largest absolute Gasteiger partial charge is 0.481 e. The highest BCUT2D eigenvalue weighted by Crippen LogP contribution is 2.33. The van der Waals surface area contributed by atoms with E-state index >= 15 is 0 Å². The van der Waals surface area contributed by atoms with Gasteiger partial charge in [-0.3, -0.25) is 19.7 Å². The Labute approximate surface area is 167 Å². The van der Waals surface area contributed by atoms with Crippen LogP contribution in [0.2, 0.25) is 0 Å². The number of nitrogens with one attached hydrogen (secondary N) is 2. The number of aliphatic carboxylic acids is 1. The normalized spacial score (nSPS) is 13.2. The number of hydrogen-bond acceptors (Lipinski definition) is 5. The molecular weight excluding hydrogens is 430 g/mol. The Hall–Kier alpha value is -2.10. The zero-order valence-corrected chi connectivity index (χ0v) is 15.7. The van der Waals surface area contributed by atoms with E-state index in [1.54, 1.807) is 18.2 Å². The quantitative estimate of drug-likeness (QED) is 0.531. The first-order chi connectivity index (χ1) is 12.5. The van der Waals surface area contributed by atoms with Gasteiger partial charge in [0.25, 0.3) is 5.91 Å². The lowest BCUT2D eigenvalue weighted by Gasteiger charge is -2.25. The molecular formula is C15H14Cl3FN2O6. The third-order valence-corrected chi connectivity index (χ3v) is 3.59. The van der Waals surface area contributed by atoms with Gasteiger partial charge in [0, 0.05) is 5.69 Å².